The van der Waals surface area contributed by atoms with Gasteiger partial charge in [-0.25, -0.2) is 0 Å². The van der Waals surface area contributed by atoms with Gasteiger partial charge in [0, 0.05) is 19.8 Å². The van der Waals surface area contributed by atoms with Crippen molar-refractivity contribution in [2.24, 2.45) is 0 Å². The summed E-state index contributed by atoms with van der Waals surface area (Å²) in [5.41, 5.74) is 0.640. The molecular formula is C13H14Cl2O6. The summed E-state index contributed by atoms with van der Waals surface area (Å²) in [5.74, 6) is 0.468. The first kappa shape index (κ1) is 17.7. The number of methoxy groups -OCH3 is 2. The molecule has 0 bridgehead atoms. The highest BCUT2D eigenvalue weighted by atomic mass is 35.5. The lowest BCUT2D eigenvalue weighted by Crippen LogP contribution is -2.10. The molecule has 0 heterocycles. The molecule has 21 heavy (non-hydrogen) atoms. The molecule has 1 aromatic carbocycles. The van der Waals surface area contributed by atoms with Gasteiger partial charge in [-0.15, -0.1) is 0 Å². The molecule has 0 fully saturated rings. The Labute approximate surface area is 131 Å². The molecule has 0 unspecified atom stereocenters. The van der Waals surface area contributed by atoms with Crippen LogP contribution in [0.15, 0.2) is 18.2 Å². The zero-order valence-corrected chi connectivity index (χ0v) is 12.9. The van der Waals surface area contributed by atoms with E-state index in [2.05, 4.69) is 0 Å². The van der Waals surface area contributed by atoms with Crippen LogP contribution in [-0.2, 0) is 19.1 Å². The zero-order chi connectivity index (χ0) is 15.8. The van der Waals surface area contributed by atoms with Crippen molar-refractivity contribution in [1.82, 2.24) is 0 Å². The van der Waals surface area contributed by atoms with Gasteiger partial charge in [0.05, 0.1) is 0 Å². The molecule has 0 radical (unpaired) electrons. The van der Waals surface area contributed by atoms with Crippen LogP contribution >= 0.6 is 23.2 Å². The van der Waals surface area contributed by atoms with Gasteiger partial charge >= 0.3 is 0 Å². The second kappa shape index (κ2) is 8.84. The summed E-state index contributed by atoms with van der Waals surface area (Å²) in [6, 6.07) is 4.78. The molecule has 1 rings (SSSR count). The normalized spacial score (nSPS) is 10.5. The molecule has 116 valence electrons. The second-order valence-corrected chi connectivity index (χ2v) is 4.64. The van der Waals surface area contributed by atoms with Crippen LogP contribution in [0.4, 0.5) is 0 Å². The highest BCUT2D eigenvalue weighted by molar-refractivity contribution is 6.64. The fraction of sp³-hybridized carbons (Fsp3) is 0.385. The number of rotatable bonds is 9. The van der Waals surface area contributed by atoms with E-state index in [9.17, 15) is 9.59 Å². The predicted octanol–water partition coefficient (Wildman–Crippen LogP) is 2.27. The smallest absolute Gasteiger partial charge is 0.259 e. The van der Waals surface area contributed by atoms with Gasteiger partial charge in [-0.05, 0) is 35.3 Å². The van der Waals surface area contributed by atoms with E-state index in [1.54, 1.807) is 18.2 Å². The molecule has 0 spiro atoms. The summed E-state index contributed by atoms with van der Waals surface area (Å²) < 4.78 is 20.7. The minimum atomic E-state index is -0.671. The lowest BCUT2D eigenvalue weighted by molar-refractivity contribution is -0.114. The van der Waals surface area contributed by atoms with Gasteiger partial charge in [0.15, 0.2) is 31.0 Å². The van der Waals surface area contributed by atoms with Crippen LogP contribution in [0.2, 0.25) is 0 Å². The Hall–Kier alpha value is -1.34. The SMILES string of the molecule is COC(OC)c1ccc(OCC(=O)Cl)c(OCC(=O)Cl)c1. The average molecular weight is 337 g/mol. The van der Waals surface area contributed by atoms with Crippen LogP contribution in [0.25, 0.3) is 0 Å². The van der Waals surface area contributed by atoms with Gasteiger partial charge in [0.1, 0.15) is 0 Å². The lowest BCUT2D eigenvalue weighted by atomic mass is 10.2. The maximum absolute atomic E-state index is 10.8. The van der Waals surface area contributed by atoms with Gasteiger partial charge in [-0.1, -0.05) is 6.07 Å². The number of ether oxygens (including phenoxy) is 4. The standard InChI is InChI=1S/C13H14Cl2O6/c1-18-13(19-2)8-3-4-9(20-6-11(14)16)10(5-8)21-7-12(15)17/h3-5,13H,6-7H2,1-2H3. The molecule has 0 aliphatic heterocycles. The first-order chi connectivity index (χ1) is 9.97. The number of hydrogen-bond donors (Lipinski definition) is 0. The van der Waals surface area contributed by atoms with Crippen molar-refractivity contribution in [3.05, 3.63) is 23.8 Å². The van der Waals surface area contributed by atoms with Crippen LogP contribution in [0.1, 0.15) is 11.9 Å². The Morgan fingerprint density at radius 2 is 1.52 bits per heavy atom. The van der Waals surface area contributed by atoms with E-state index >= 15 is 0 Å². The molecule has 8 heteroatoms. The zero-order valence-electron chi connectivity index (χ0n) is 11.4. The van der Waals surface area contributed by atoms with E-state index < -0.39 is 16.8 Å². The van der Waals surface area contributed by atoms with E-state index in [0.29, 0.717) is 5.56 Å². The lowest BCUT2D eigenvalue weighted by Gasteiger charge is -2.17. The highest BCUT2D eigenvalue weighted by Crippen LogP contribution is 2.32. The number of benzene rings is 1. The van der Waals surface area contributed by atoms with E-state index in [4.69, 9.17) is 42.1 Å². The van der Waals surface area contributed by atoms with Crippen molar-refractivity contribution in [2.75, 3.05) is 27.4 Å². The molecule has 0 atom stereocenters. The summed E-state index contributed by atoms with van der Waals surface area (Å²) in [6.45, 7) is -0.676. The fourth-order valence-corrected chi connectivity index (χ4v) is 1.65. The van der Waals surface area contributed by atoms with Crippen molar-refractivity contribution in [2.45, 2.75) is 6.29 Å². The van der Waals surface area contributed by atoms with Gasteiger partial charge in [0.2, 0.25) is 0 Å². The quantitative estimate of drug-likeness (QED) is 0.508. The maximum Gasteiger partial charge on any atom is 0.259 e. The minimum absolute atomic E-state index is 0.221. The minimum Gasteiger partial charge on any atom is -0.481 e. The second-order valence-electron chi connectivity index (χ2n) is 3.80. The third-order valence-electron chi connectivity index (χ3n) is 2.35. The van der Waals surface area contributed by atoms with Crippen molar-refractivity contribution < 1.29 is 28.5 Å². The number of halogens is 2. The summed E-state index contributed by atoms with van der Waals surface area (Å²) in [6.07, 6.45) is -0.609. The van der Waals surface area contributed by atoms with Crippen LogP contribution in [0, 0.1) is 0 Å². The monoisotopic (exact) mass is 336 g/mol. The van der Waals surface area contributed by atoms with Gasteiger partial charge < -0.3 is 18.9 Å². The fourth-order valence-electron chi connectivity index (χ4n) is 1.54. The Morgan fingerprint density at radius 1 is 1.00 bits per heavy atom. The third-order valence-corrected chi connectivity index (χ3v) is 2.57. The summed E-state index contributed by atoms with van der Waals surface area (Å²) in [7, 11) is 2.96. The number of hydrogen-bond acceptors (Lipinski definition) is 6. The predicted molar refractivity (Wildman–Crippen MR) is 75.9 cm³/mol. The Kier molecular flexibility index (Phi) is 7.45. The van der Waals surface area contributed by atoms with Crippen LogP contribution in [0.3, 0.4) is 0 Å². The third kappa shape index (κ3) is 5.89. The maximum atomic E-state index is 10.8. The van der Waals surface area contributed by atoms with E-state index in [0.717, 1.165) is 0 Å². The van der Waals surface area contributed by atoms with Crippen LogP contribution in [-0.4, -0.2) is 37.9 Å². The molecule has 0 amide bonds. The highest BCUT2D eigenvalue weighted by Gasteiger charge is 2.15. The molecule has 0 aliphatic carbocycles. The molecule has 1 aromatic rings. The summed E-state index contributed by atoms with van der Waals surface area (Å²) in [4.78, 5) is 21.5. The number of carbonyl (C=O) groups is 2. The Morgan fingerprint density at radius 3 is 2.00 bits per heavy atom. The topological polar surface area (TPSA) is 71.1 Å². The van der Waals surface area contributed by atoms with Gasteiger partial charge in [-0.2, -0.15) is 0 Å². The first-order valence-electron chi connectivity index (χ1n) is 5.79. The van der Waals surface area contributed by atoms with Crippen molar-refractivity contribution in [3.63, 3.8) is 0 Å². The summed E-state index contributed by atoms with van der Waals surface area (Å²) in [5, 5.41) is -1.33. The van der Waals surface area contributed by atoms with Crippen molar-refractivity contribution in [3.8, 4) is 11.5 Å². The summed E-state index contributed by atoms with van der Waals surface area (Å²) >= 11 is 10.4. The first-order valence-corrected chi connectivity index (χ1v) is 6.55. The average Bonchev–Trinajstić information content (AvgIpc) is 2.45. The van der Waals surface area contributed by atoms with Crippen LogP contribution < -0.4 is 9.47 Å². The molecule has 0 aromatic heterocycles. The van der Waals surface area contributed by atoms with Gasteiger partial charge in [0.25, 0.3) is 10.5 Å². The Bertz CT molecular complexity index is 501. The molecule has 6 nitrogen and oxygen atoms in total. The molecular weight excluding hydrogens is 323 g/mol. The van der Waals surface area contributed by atoms with Crippen molar-refractivity contribution in [1.29, 1.82) is 0 Å². The van der Waals surface area contributed by atoms with E-state index in [1.165, 1.54) is 14.2 Å². The molecule has 0 aliphatic rings. The molecule has 0 saturated heterocycles. The Balaban J connectivity index is 3.00. The van der Waals surface area contributed by atoms with Crippen molar-refractivity contribution >= 4 is 33.7 Å². The van der Waals surface area contributed by atoms with E-state index in [1.807, 2.05) is 0 Å². The molecule has 0 saturated carbocycles. The van der Waals surface area contributed by atoms with Crippen LogP contribution in [0.5, 0.6) is 11.5 Å². The van der Waals surface area contributed by atoms with E-state index in [-0.39, 0.29) is 24.7 Å². The molecule has 0 N–H and O–H groups in total. The largest absolute Gasteiger partial charge is 0.481 e. The van der Waals surface area contributed by atoms with Gasteiger partial charge in [-0.3, -0.25) is 9.59 Å². The number of carbonyl (C=O) groups excluding carboxylic acids is 2.